The second-order valence-corrected chi connectivity index (χ2v) is 4.21. The fourth-order valence-electron chi connectivity index (χ4n) is 1.21. The van der Waals surface area contributed by atoms with E-state index < -0.39 is 0 Å². The summed E-state index contributed by atoms with van der Waals surface area (Å²) in [6.07, 6.45) is 0.355. The van der Waals surface area contributed by atoms with E-state index in [4.69, 9.17) is 16.3 Å². The van der Waals surface area contributed by atoms with Crippen molar-refractivity contribution in [2.45, 2.75) is 20.3 Å². The smallest absolute Gasteiger partial charge is 0.222 e. The molecule has 0 saturated heterocycles. The molecule has 0 fully saturated rings. The number of halogens is 1. The van der Waals surface area contributed by atoms with Gasteiger partial charge >= 0.3 is 0 Å². The van der Waals surface area contributed by atoms with Crippen LogP contribution in [0.3, 0.4) is 0 Å². The van der Waals surface area contributed by atoms with Gasteiger partial charge in [0.05, 0.1) is 6.61 Å². The average molecular weight is 227 g/mol. The topological polar surface area (TPSA) is 26.3 Å². The van der Waals surface area contributed by atoms with Crippen LogP contribution in [0.25, 0.3) is 0 Å². The van der Waals surface area contributed by atoms with Gasteiger partial charge in [-0.25, -0.2) is 0 Å². The Hall–Kier alpha value is -1.02. The van der Waals surface area contributed by atoms with Crippen LogP contribution in [0.2, 0.25) is 0 Å². The molecule has 0 N–H and O–H groups in total. The van der Waals surface area contributed by atoms with E-state index in [2.05, 4.69) is 0 Å². The van der Waals surface area contributed by atoms with E-state index in [0.29, 0.717) is 13.0 Å². The van der Waals surface area contributed by atoms with Crippen LogP contribution in [-0.4, -0.2) is 11.8 Å². The molecule has 0 spiro atoms. The van der Waals surface area contributed by atoms with Crippen molar-refractivity contribution in [3.8, 4) is 5.75 Å². The molecule has 0 heterocycles. The number of ether oxygens (including phenoxy) is 1. The van der Waals surface area contributed by atoms with Crippen molar-refractivity contribution in [2.24, 2.45) is 5.92 Å². The predicted octanol–water partition coefficient (Wildman–Crippen LogP) is 3.17. The van der Waals surface area contributed by atoms with Crippen LogP contribution < -0.4 is 4.74 Å². The van der Waals surface area contributed by atoms with Gasteiger partial charge in [0.2, 0.25) is 5.24 Å². The number of carbonyl (C=O) groups excluding carboxylic acids is 1. The first kappa shape index (κ1) is 12.1. The highest BCUT2D eigenvalue weighted by molar-refractivity contribution is 6.63. The Labute approximate surface area is 95.2 Å². The Bertz CT molecular complexity index is 319. The molecule has 0 aliphatic rings. The van der Waals surface area contributed by atoms with Gasteiger partial charge in [0.15, 0.2) is 0 Å². The van der Waals surface area contributed by atoms with Crippen LogP contribution >= 0.6 is 11.6 Å². The van der Waals surface area contributed by atoms with Gasteiger partial charge in [-0.15, -0.1) is 0 Å². The lowest BCUT2D eigenvalue weighted by molar-refractivity contribution is -0.112. The van der Waals surface area contributed by atoms with Crippen LogP contribution in [0.1, 0.15) is 18.9 Å². The number of rotatable bonds is 5. The molecule has 1 rings (SSSR count). The first-order valence-corrected chi connectivity index (χ1v) is 5.33. The Morgan fingerprint density at radius 3 is 2.53 bits per heavy atom. The van der Waals surface area contributed by atoms with Gasteiger partial charge in [-0.3, -0.25) is 4.79 Å². The third-order valence-electron chi connectivity index (χ3n) is 2.06. The summed E-state index contributed by atoms with van der Waals surface area (Å²) in [5.74, 6) is 0.978. The van der Waals surface area contributed by atoms with Gasteiger partial charge in [0.25, 0.3) is 0 Å². The number of benzene rings is 1. The van der Waals surface area contributed by atoms with E-state index in [1.807, 2.05) is 38.1 Å². The van der Waals surface area contributed by atoms with Crippen molar-refractivity contribution in [1.29, 1.82) is 0 Å². The minimum atomic E-state index is -0.310. The molecule has 0 radical (unpaired) electrons. The average Bonchev–Trinajstić information content (AvgIpc) is 2.16. The molecule has 1 aromatic carbocycles. The highest BCUT2D eigenvalue weighted by Gasteiger charge is 2.07. The standard InChI is InChI=1S/C12H15ClO2/c1-9-3-5-11(6-4-9)15-8-10(2)7-12(13)14/h3-6,10H,7-8H2,1-2H3/t10-/m0/s1. The van der Waals surface area contributed by atoms with Gasteiger partial charge in [-0.2, -0.15) is 0 Å². The summed E-state index contributed by atoms with van der Waals surface area (Å²) in [7, 11) is 0. The number of hydrogen-bond acceptors (Lipinski definition) is 2. The zero-order valence-corrected chi connectivity index (χ0v) is 9.75. The highest BCUT2D eigenvalue weighted by Crippen LogP contribution is 2.13. The molecule has 0 saturated carbocycles. The van der Waals surface area contributed by atoms with Crippen LogP contribution in [-0.2, 0) is 4.79 Å². The van der Waals surface area contributed by atoms with Crippen LogP contribution in [0, 0.1) is 12.8 Å². The molecule has 1 atom stereocenters. The minimum Gasteiger partial charge on any atom is -0.493 e. The Kier molecular flexibility index (Phi) is 4.63. The summed E-state index contributed by atoms with van der Waals surface area (Å²) in [6.45, 7) is 4.48. The van der Waals surface area contributed by atoms with Gasteiger partial charge in [0, 0.05) is 6.42 Å². The molecule has 82 valence electrons. The summed E-state index contributed by atoms with van der Waals surface area (Å²) in [4.78, 5) is 10.6. The maximum Gasteiger partial charge on any atom is 0.222 e. The second kappa shape index (κ2) is 5.76. The highest BCUT2D eigenvalue weighted by atomic mass is 35.5. The monoisotopic (exact) mass is 226 g/mol. The van der Waals surface area contributed by atoms with E-state index in [0.717, 1.165) is 5.75 Å². The molecule has 3 heteroatoms. The molecular weight excluding hydrogens is 212 g/mol. The molecule has 1 aromatic rings. The van der Waals surface area contributed by atoms with Crippen molar-refractivity contribution >= 4 is 16.8 Å². The largest absolute Gasteiger partial charge is 0.493 e. The minimum absolute atomic E-state index is 0.149. The lowest BCUT2D eigenvalue weighted by Gasteiger charge is -2.11. The predicted molar refractivity (Wildman–Crippen MR) is 61.3 cm³/mol. The molecule has 0 amide bonds. The quantitative estimate of drug-likeness (QED) is 0.721. The van der Waals surface area contributed by atoms with E-state index >= 15 is 0 Å². The molecule has 15 heavy (non-hydrogen) atoms. The van der Waals surface area contributed by atoms with E-state index in [1.165, 1.54) is 5.56 Å². The van der Waals surface area contributed by atoms with Gasteiger partial charge in [-0.05, 0) is 36.6 Å². The molecule has 0 aliphatic heterocycles. The SMILES string of the molecule is Cc1ccc(OC[C@@H](C)CC(=O)Cl)cc1. The molecule has 0 unspecified atom stereocenters. The summed E-state index contributed by atoms with van der Waals surface area (Å²) in [6, 6.07) is 7.83. The van der Waals surface area contributed by atoms with Gasteiger partial charge in [0.1, 0.15) is 5.75 Å². The summed E-state index contributed by atoms with van der Waals surface area (Å²) in [5.41, 5.74) is 1.20. The number of aryl methyl sites for hydroxylation is 1. The summed E-state index contributed by atoms with van der Waals surface area (Å²) in [5, 5.41) is -0.310. The lowest BCUT2D eigenvalue weighted by Crippen LogP contribution is -2.10. The summed E-state index contributed by atoms with van der Waals surface area (Å²) < 4.78 is 5.51. The molecular formula is C12H15ClO2. The number of hydrogen-bond donors (Lipinski definition) is 0. The third-order valence-corrected chi connectivity index (χ3v) is 2.22. The van der Waals surface area contributed by atoms with E-state index in [-0.39, 0.29) is 11.2 Å². The third kappa shape index (κ3) is 4.84. The van der Waals surface area contributed by atoms with Crippen LogP contribution in [0.4, 0.5) is 0 Å². The van der Waals surface area contributed by atoms with Crippen LogP contribution in [0.5, 0.6) is 5.75 Å². The normalized spacial score (nSPS) is 12.2. The Morgan fingerprint density at radius 2 is 2.00 bits per heavy atom. The van der Waals surface area contributed by atoms with Crippen molar-refractivity contribution in [2.75, 3.05) is 6.61 Å². The molecule has 0 aromatic heterocycles. The van der Waals surface area contributed by atoms with Crippen molar-refractivity contribution in [3.63, 3.8) is 0 Å². The Balaban J connectivity index is 2.36. The Morgan fingerprint density at radius 1 is 1.40 bits per heavy atom. The molecule has 0 aliphatic carbocycles. The fraction of sp³-hybridized carbons (Fsp3) is 0.417. The van der Waals surface area contributed by atoms with Crippen molar-refractivity contribution in [1.82, 2.24) is 0 Å². The summed E-state index contributed by atoms with van der Waals surface area (Å²) >= 11 is 5.28. The second-order valence-electron chi connectivity index (χ2n) is 3.79. The zero-order chi connectivity index (χ0) is 11.3. The first-order chi connectivity index (χ1) is 7.08. The maximum absolute atomic E-state index is 10.6. The zero-order valence-electron chi connectivity index (χ0n) is 9.00. The van der Waals surface area contributed by atoms with Gasteiger partial charge in [-0.1, -0.05) is 24.6 Å². The van der Waals surface area contributed by atoms with Crippen LogP contribution in [0.15, 0.2) is 24.3 Å². The molecule has 2 nitrogen and oxygen atoms in total. The van der Waals surface area contributed by atoms with E-state index in [9.17, 15) is 4.79 Å². The number of carbonyl (C=O) groups is 1. The van der Waals surface area contributed by atoms with Gasteiger partial charge < -0.3 is 4.74 Å². The van der Waals surface area contributed by atoms with Crippen molar-refractivity contribution in [3.05, 3.63) is 29.8 Å². The first-order valence-electron chi connectivity index (χ1n) is 4.95. The fourth-order valence-corrected chi connectivity index (χ4v) is 1.47. The lowest BCUT2D eigenvalue weighted by atomic mass is 10.1. The maximum atomic E-state index is 10.6. The van der Waals surface area contributed by atoms with Crippen molar-refractivity contribution < 1.29 is 9.53 Å². The molecule has 0 bridgehead atoms. The van der Waals surface area contributed by atoms with E-state index in [1.54, 1.807) is 0 Å².